The number of rotatable bonds is 9. The highest BCUT2D eigenvalue weighted by molar-refractivity contribution is 14.0. The molecular weight excluding hydrogens is 455 g/mol. The first kappa shape index (κ1) is 24.0. The second-order valence-electron chi connectivity index (χ2n) is 6.74. The Labute approximate surface area is 181 Å². The summed E-state index contributed by atoms with van der Waals surface area (Å²) in [7, 11) is 0. The molecule has 2 N–H and O–H groups in total. The fraction of sp³-hybridized carbons (Fsp3) is 0.650. The van der Waals surface area contributed by atoms with E-state index >= 15 is 0 Å². The van der Waals surface area contributed by atoms with Gasteiger partial charge in [0.05, 0.1) is 25.9 Å². The van der Waals surface area contributed by atoms with Gasteiger partial charge in [0.2, 0.25) is 0 Å². The van der Waals surface area contributed by atoms with E-state index in [-0.39, 0.29) is 30.1 Å². The molecule has 0 amide bonds. The Morgan fingerprint density at radius 2 is 1.89 bits per heavy atom. The SMILES string of the molecule is CCNC(=NCc1ccc(OC(C)C)cc1)NCCCN1CCOCC1.I. The third-order valence-corrected chi connectivity index (χ3v) is 4.11. The van der Waals surface area contributed by atoms with Crippen LogP contribution in [0.5, 0.6) is 5.75 Å². The van der Waals surface area contributed by atoms with Crippen LogP contribution >= 0.6 is 24.0 Å². The number of nitrogens with zero attached hydrogens (tertiary/aromatic N) is 2. The van der Waals surface area contributed by atoms with Gasteiger partial charge in [-0.05, 0) is 51.4 Å². The third kappa shape index (κ3) is 10.2. The minimum Gasteiger partial charge on any atom is -0.491 e. The first-order valence-electron chi connectivity index (χ1n) is 9.75. The first-order chi connectivity index (χ1) is 12.7. The van der Waals surface area contributed by atoms with E-state index in [0.717, 1.165) is 64.1 Å². The molecule has 6 nitrogen and oxygen atoms in total. The lowest BCUT2D eigenvalue weighted by atomic mass is 10.2. The molecule has 0 atom stereocenters. The van der Waals surface area contributed by atoms with Crippen molar-refractivity contribution in [2.24, 2.45) is 4.99 Å². The van der Waals surface area contributed by atoms with Crippen molar-refractivity contribution in [2.45, 2.75) is 39.8 Å². The van der Waals surface area contributed by atoms with Crippen LogP contribution in [0.15, 0.2) is 29.3 Å². The predicted octanol–water partition coefficient (Wildman–Crippen LogP) is 2.87. The van der Waals surface area contributed by atoms with Gasteiger partial charge in [0.25, 0.3) is 0 Å². The average molecular weight is 490 g/mol. The van der Waals surface area contributed by atoms with Gasteiger partial charge >= 0.3 is 0 Å². The molecule has 7 heteroatoms. The van der Waals surface area contributed by atoms with Crippen molar-refractivity contribution in [3.05, 3.63) is 29.8 Å². The molecule has 0 bridgehead atoms. The number of benzene rings is 1. The molecule has 0 saturated carbocycles. The number of hydrogen-bond acceptors (Lipinski definition) is 4. The summed E-state index contributed by atoms with van der Waals surface area (Å²) < 4.78 is 11.1. The molecule has 1 aliphatic rings. The number of guanidine groups is 1. The Morgan fingerprint density at radius 1 is 1.19 bits per heavy atom. The van der Waals surface area contributed by atoms with Crippen LogP contribution in [0.25, 0.3) is 0 Å². The van der Waals surface area contributed by atoms with Gasteiger partial charge in [-0.1, -0.05) is 12.1 Å². The van der Waals surface area contributed by atoms with Crippen molar-refractivity contribution in [3.8, 4) is 5.75 Å². The van der Waals surface area contributed by atoms with E-state index in [1.807, 2.05) is 26.0 Å². The molecule has 27 heavy (non-hydrogen) atoms. The summed E-state index contributed by atoms with van der Waals surface area (Å²) in [5.41, 5.74) is 1.17. The van der Waals surface area contributed by atoms with Crippen molar-refractivity contribution < 1.29 is 9.47 Å². The van der Waals surface area contributed by atoms with E-state index in [4.69, 9.17) is 9.47 Å². The van der Waals surface area contributed by atoms with Crippen LogP contribution in [-0.4, -0.2) is 62.9 Å². The van der Waals surface area contributed by atoms with Crippen molar-refractivity contribution in [3.63, 3.8) is 0 Å². The Hall–Kier alpha value is -1.06. The molecule has 154 valence electrons. The number of nitrogens with one attached hydrogen (secondary N) is 2. The van der Waals surface area contributed by atoms with Gasteiger partial charge in [0.15, 0.2) is 5.96 Å². The Balaban J connectivity index is 0.00000364. The molecule has 0 spiro atoms. The topological polar surface area (TPSA) is 58.1 Å². The maximum Gasteiger partial charge on any atom is 0.191 e. The minimum atomic E-state index is 0. The maximum absolute atomic E-state index is 5.68. The van der Waals surface area contributed by atoms with Crippen LogP contribution in [0.3, 0.4) is 0 Å². The highest BCUT2D eigenvalue weighted by Gasteiger charge is 2.09. The fourth-order valence-electron chi connectivity index (χ4n) is 2.79. The summed E-state index contributed by atoms with van der Waals surface area (Å²) in [4.78, 5) is 7.13. The molecule has 1 heterocycles. The van der Waals surface area contributed by atoms with Crippen molar-refractivity contribution in [2.75, 3.05) is 45.9 Å². The zero-order valence-corrected chi connectivity index (χ0v) is 19.2. The van der Waals surface area contributed by atoms with Crippen molar-refractivity contribution >= 4 is 29.9 Å². The lowest BCUT2D eigenvalue weighted by molar-refractivity contribution is 0.0376. The fourth-order valence-corrected chi connectivity index (χ4v) is 2.79. The van der Waals surface area contributed by atoms with Crippen LogP contribution in [0.1, 0.15) is 32.8 Å². The average Bonchev–Trinajstić information content (AvgIpc) is 2.64. The number of halogens is 1. The zero-order chi connectivity index (χ0) is 18.6. The highest BCUT2D eigenvalue weighted by atomic mass is 127. The summed E-state index contributed by atoms with van der Waals surface area (Å²) in [6.45, 7) is 13.5. The molecule has 0 aliphatic carbocycles. The molecule has 1 saturated heterocycles. The van der Waals surface area contributed by atoms with Crippen LogP contribution in [0.2, 0.25) is 0 Å². The van der Waals surface area contributed by atoms with Gasteiger partial charge < -0.3 is 20.1 Å². The van der Waals surface area contributed by atoms with Gasteiger partial charge in [0.1, 0.15) is 5.75 Å². The van der Waals surface area contributed by atoms with E-state index in [1.165, 1.54) is 5.56 Å². The van der Waals surface area contributed by atoms with E-state index in [9.17, 15) is 0 Å². The first-order valence-corrected chi connectivity index (χ1v) is 9.75. The zero-order valence-electron chi connectivity index (χ0n) is 16.9. The van der Waals surface area contributed by atoms with Crippen LogP contribution < -0.4 is 15.4 Å². The predicted molar refractivity (Wildman–Crippen MR) is 122 cm³/mol. The van der Waals surface area contributed by atoms with E-state index in [1.54, 1.807) is 0 Å². The number of aliphatic imine (C=N–C) groups is 1. The summed E-state index contributed by atoms with van der Waals surface area (Å²) in [5, 5.41) is 6.73. The van der Waals surface area contributed by atoms with Gasteiger partial charge in [0, 0.05) is 26.2 Å². The normalized spacial score (nSPS) is 15.3. The van der Waals surface area contributed by atoms with Gasteiger partial charge in [-0.3, -0.25) is 4.90 Å². The van der Waals surface area contributed by atoms with E-state index < -0.39 is 0 Å². The smallest absolute Gasteiger partial charge is 0.191 e. The van der Waals surface area contributed by atoms with Gasteiger partial charge in [-0.2, -0.15) is 0 Å². The molecule has 1 aromatic carbocycles. The molecule has 1 aliphatic heterocycles. The maximum atomic E-state index is 5.68. The standard InChI is InChI=1S/C20H34N4O2.HI/c1-4-21-20(22-10-5-11-24-12-14-25-15-13-24)23-16-18-6-8-19(9-7-18)26-17(2)3;/h6-9,17H,4-5,10-16H2,1-3H3,(H2,21,22,23);1H. The van der Waals surface area contributed by atoms with Gasteiger partial charge in [-0.15, -0.1) is 24.0 Å². The summed E-state index contributed by atoms with van der Waals surface area (Å²) in [5.74, 6) is 1.78. The third-order valence-electron chi connectivity index (χ3n) is 4.11. The summed E-state index contributed by atoms with van der Waals surface area (Å²) in [6.07, 6.45) is 1.30. The summed E-state index contributed by atoms with van der Waals surface area (Å²) >= 11 is 0. The minimum absolute atomic E-state index is 0. The Kier molecular flexibility index (Phi) is 12.4. The van der Waals surface area contributed by atoms with Crippen LogP contribution in [-0.2, 0) is 11.3 Å². The molecule has 0 unspecified atom stereocenters. The quantitative estimate of drug-likeness (QED) is 0.241. The number of hydrogen-bond donors (Lipinski definition) is 2. The number of ether oxygens (including phenoxy) is 2. The highest BCUT2D eigenvalue weighted by Crippen LogP contribution is 2.14. The number of morpholine rings is 1. The second kappa shape index (κ2) is 14.0. The lowest BCUT2D eigenvalue weighted by Crippen LogP contribution is -2.40. The van der Waals surface area contributed by atoms with E-state index in [2.05, 4.69) is 39.6 Å². The molecule has 0 radical (unpaired) electrons. The second-order valence-corrected chi connectivity index (χ2v) is 6.74. The molecule has 1 aromatic rings. The molecule has 2 rings (SSSR count). The van der Waals surface area contributed by atoms with E-state index in [0.29, 0.717) is 6.54 Å². The van der Waals surface area contributed by atoms with Crippen molar-refractivity contribution in [1.29, 1.82) is 0 Å². The van der Waals surface area contributed by atoms with Crippen LogP contribution in [0, 0.1) is 0 Å². The lowest BCUT2D eigenvalue weighted by Gasteiger charge is -2.26. The van der Waals surface area contributed by atoms with Crippen LogP contribution in [0.4, 0.5) is 0 Å². The Bertz CT molecular complexity index is 531. The molecular formula is C20H35IN4O2. The molecule has 1 fully saturated rings. The van der Waals surface area contributed by atoms with Crippen molar-refractivity contribution in [1.82, 2.24) is 15.5 Å². The Morgan fingerprint density at radius 3 is 2.52 bits per heavy atom. The monoisotopic (exact) mass is 490 g/mol. The summed E-state index contributed by atoms with van der Waals surface area (Å²) in [6, 6.07) is 8.16. The van der Waals surface area contributed by atoms with Gasteiger partial charge in [-0.25, -0.2) is 4.99 Å². The largest absolute Gasteiger partial charge is 0.491 e. The molecule has 0 aromatic heterocycles.